The van der Waals surface area contributed by atoms with Crippen molar-refractivity contribution in [3.05, 3.63) is 18.2 Å². The van der Waals surface area contributed by atoms with Gasteiger partial charge in [0.05, 0.1) is 6.10 Å². The van der Waals surface area contributed by atoms with Crippen LogP contribution in [0.25, 0.3) is 0 Å². The molecule has 5 heteroatoms. The highest BCUT2D eigenvalue weighted by Gasteiger charge is 2.12. The van der Waals surface area contributed by atoms with Gasteiger partial charge in [-0.15, -0.1) is 11.8 Å². The number of hydrogen-bond donors (Lipinski definition) is 2. The van der Waals surface area contributed by atoms with Crippen molar-refractivity contribution in [2.24, 2.45) is 0 Å². The molecule has 2 N–H and O–H groups in total. The van der Waals surface area contributed by atoms with Crippen LogP contribution in [-0.4, -0.2) is 42.8 Å². The lowest BCUT2D eigenvalue weighted by atomic mass is 10.3. The van der Waals surface area contributed by atoms with Crippen molar-refractivity contribution in [1.29, 1.82) is 0 Å². The second-order valence-corrected chi connectivity index (χ2v) is 5.93. The topological polar surface area (TPSA) is 50.7 Å². The van der Waals surface area contributed by atoms with E-state index in [2.05, 4.69) is 19.2 Å². The minimum atomic E-state index is -0.347. The van der Waals surface area contributed by atoms with Gasteiger partial charge in [-0.25, -0.2) is 0 Å². The summed E-state index contributed by atoms with van der Waals surface area (Å²) in [5.41, 5.74) is 0. The zero-order valence-corrected chi connectivity index (χ0v) is 12.2. The minimum Gasteiger partial charge on any atom is -0.486 e. The Morgan fingerprint density at radius 1 is 1.26 bits per heavy atom. The van der Waals surface area contributed by atoms with E-state index in [-0.39, 0.29) is 6.10 Å². The van der Waals surface area contributed by atoms with Crippen LogP contribution >= 0.6 is 11.8 Å². The third-order valence-corrected chi connectivity index (χ3v) is 3.86. The van der Waals surface area contributed by atoms with Crippen LogP contribution in [0.2, 0.25) is 0 Å². The number of nitrogens with one attached hydrogen (secondary N) is 1. The Hall–Kier alpha value is -0.910. The van der Waals surface area contributed by atoms with Gasteiger partial charge in [0.2, 0.25) is 0 Å². The molecule has 0 amide bonds. The van der Waals surface area contributed by atoms with E-state index in [9.17, 15) is 5.11 Å². The number of rotatable bonds is 6. The number of thioether (sulfide) groups is 1. The number of aliphatic hydroxyl groups excluding tert-OH is 1. The Balaban J connectivity index is 1.82. The van der Waals surface area contributed by atoms with Gasteiger partial charge in [-0.05, 0) is 18.2 Å². The first-order valence-corrected chi connectivity index (χ1v) is 7.57. The quantitative estimate of drug-likeness (QED) is 0.781. The predicted octanol–water partition coefficient (Wildman–Crippen LogP) is 1.91. The number of aliphatic hydroxyl groups is 1. The summed E-state index contributed by atoms with van der Waals surface area (Å²) < 4.78 is 11.0. The Kier molecular flexibility index (Phi) is 5.36. The number of ether oxygens (including phenoxy) is 2. The van der Waals surface area contributed by atoms with Gasteiger partial charge in [-0.2, -0.15) is 0 Å². The van der Waals surface area contributed by atoms with E-state index < -0.39 is 0 Å². The van der Waals surface area contributed by atoms with E-state index >= 15 is 0 Å². The highest BCUT2D eigenvalue weighted by atomic mass is 32.2. The van der Waals surface area contributed by atoms with Crippen molar-refractivity contribution in [2.75, 3.05) is 25.5 Å². The van der Waals surface area contributed by atoms with Crippen LogP contribution in [0, 0.1) is 0 Å². The molecule has 19 heavy (non-hydrogen) atoms. The lowest BCUT2D eigenvalue weighted by Crippen LogP contribution is -2.33. The third-order valence-electron chi connectivity index (χ3n) is 2.72. The largest absolute Gasteiger partial charge is 0.486 e. The van der Waals surface area contributed by atoms with Crippen LogP contribution in [0.3, 0.4) is 0 Å². The Morgan fingerprint density at radius 3 is 2.74 bits per heavy atom. The monoisotopic (exact) mass is 283 g/mol. The fraction of sp³-hybridized carbons (Fsp3) is 0.571. The molecule has 0 saturated heterocycles. The van der Waals surface area contributed by atoms with Gasteiger partial charge >= 0.3 is 0 Å². The maximum Gasteiger partial charge on any atom is 0.162 e. The molecule has 0 aliphatic carbocycles. The SMILES string of the molecule is CC(C)NCC(O)CSc1ccc2c(c1)OCCO2. The summed E-state index contributed by atoms with van der Waals surface area (Å²) in [6.45, 7) is 5.97. The molecule has 1 aliphatic rings. The molecule has 0 spiro atoms. The molecule has 106 valence electrons. The molecule has 1 unspecified atom stereocenters. The number of fused-ring (bicyclic) bond motifs is 1. The van der Waals surface area contributed by atoms with Crippen LogP contribution in [0.1, 0.15) is 13.8 Å². The molecule has 1 aromatic carbocycles. The smallest absolute Gasteiger partial charge is 0.162 e. The molecule has 0 fully saturated rings. The van der Waals surface area contributed by atoms with Gasteiger partial charge in [0.15, 0.2) is 11.5 Å². The maximum atomic E-state index is 9.86. The summed E-state index contributed by atoms with van der Waals surface area (Å²) in [4.78, 5) is 1.09. The second-order valence-electron chi connectivity index (χ2n) is 4.83. The van der Waals surface area contributed by atoms with Crippen LogP contribution in [0.4, 0.5) is 0 Å². The predicted molar refractivity (Wildman–Crippen MR) is 77.3 cm³/mol. The Bertz CT molecular complexity index is 412. The molecule has 1 aliphatic heterocycles. The zero-order valence-electron chi connectivity index (χ0n) is 11.4. The van der Waals surface area contributed by atoms with Gasteiger partial charge in [0.25, 0.3) is 0 Å². The first-order chi connectivity index (χ1) is 9.15. The van der Waals surface area contributed by atoms with E-state index in [1.165, 1.54) is 0 Å². The highest BCUT2D eigenvalue weighted by Crippen LogP contribution is 2.34. The molecular formula is C14H21NO3S. The number of benzene rings is 1. The van der Waals surface area contributed by atoms with Crippen molar-refractivity contribution in [3.8, 4) is 11.5 Å². The molecule has 2 rings (SSSR count). The molecule has 1 atom stereocenters. The molecule has 1 heterocycles. The summed E-state index contributed by atoms with van der Waals surface area (Å²) in [5, 5.41) is 13.1. The van der Waals surface area contributed by atoms with Gasteiger partial charge in [0, 0.05) is 23.2 Å². The first-order valence-electron chi connectivity index (χ1n) is 6.59. The van der Waals surface area contributed by atoms with E-state index in [1.54, 1.807) is 11.8 Å². The zero-order chi connectivity index (χ0) is 13.7. The molecule has 4 nitrogen and oxygen atoms in total. The van der Waals surface area contributed by atoms with E-state index in [0.29, 0.717) is 31.6 Å². The van der Waals surface area contributed by atoms with Crippen molar-refractivity contribution in [1.82, 2.24) is 5.32 Å². The number of hydrogen-bond acceptors (Lipinski definition) is 5. The average molecular weight is 283 g/mol. The Morgan fingerprint density at radius 2 is 2.00 bits per heavy atom. The molecule has 1 aromatic rings. The summed E-state index contributed by atoms with van der Waals surface area (Å²) >= 11 is 1.63. The van der Waals surface area contributed by atoms with Gasteiger partial charge < -0.3 is 19.9 Å². The Labute approximate surface area is 118 Å². The third kappa shape index (κ3) is 4.60. The molecule has 0 aromatic heterocycles. The highest BCUT2D eigenvalue weighted by molar-refractivity contribution is 7.99. The second kappa shape index (κ2) is 7.03. The van der Waals surface area contributed by atoms with Crippen molar-refractivity contribution in [2.45, 2.75) is 30.9 Å². The lowest BCUT2D eigenvalue weighted by molar-refractivity contribution is 0.171. The summed E-state index contributed by atoms with van der Waals surface area (Å²) in [6, 6.07) is 6.30. The van der Waals surface area contributed by atoms with E-state index in [1.807, 2.05) is 18.2 Å². The van der Waals surface area contributed by atoms with E-state index in [4.69, 9.17) is 9.47 Å². The summed E-state index contributed by atoms with van der Waals surface area (Å²) in [7, 11) is 0. The van der Waals surface area contributed by atoms with Gasteiger partial charge in [-0.3, -0.25) is 0 Å². The van der Waals surface area contributed by atoms with Crippen LogP contribution in [0.15, 0.2) is 23.1 Å². The molecule has 0 bridgehead atoms. The van der Waals surface area contributed by atoms with E-state index in [0.717, 1.165) is 16.4 Å². The van der Waals surface area contributed by atoms with Crippen LogP contribution < -0.4 is 14.8 Å². The van der Waals surface area contributed by atoms with Crippen molar-refractivity contribution >= 4 is 11.8 Å². The molecule has 0 saturated carbocycles. The van der Waals surface area contributed by atoms with Crippen LogP contribution in [-0.2, 0) is 0 Å². The average Bonchev–Trinajstić information content (AvgIpc) is 2.42. The normalized spacial score (nSPS) is 15.6. The molecule has 0 radical (unpaired) electrons. The summed E-state index contributed by atoms with van der Waals surface area (Å²) in [5.74, 6) is 2.27. The van der Waals surface area contributed by atoms with Gasteiger partial charge in [-0.1, -0.05) is 13.8 Å². The fourth-order valence-electron chi connectivity index (χ4n) is 1.74. The fourth-order valence-corrected chi connectivity index (χ4v) is 2.59. The standard InChI is InChI=1S/C14H21NO3S/c1-10(2)15-8-11(16)9-19-12-3-4-13-14(7-12)18-6-5-17-13/h3-4,7,10-11,15-16H,5-6,8-9H2,1-2H3. The van der Waals surface area contributed by atoms with Crippen molar-refractivity contribution < 1.29 is 14.6 Å². The first kappa shape index (κ1) is 14.5. The van der Waals surface area contributed by atoms with Crippen molar-refractivity contribution in [3.63, 3.8) is 0 Å². The van der Waals surface area contributed by atoms with Gasteiger partial charge in [0.1, 0.15) is 13.2 Å². The molecular weight excluding hydrogens is 262 g/mol. The maximum absolute atomic E-state index is 9.86. The lowest BCUT2D eigenvalue weighted by Gasteiger charge is -2.19. The summed E-state index contributed by atoms with van der Waals surface area (Å²) in [6.07, 6.45) is -0.347. The minimum absolute atomic E-state index is 0.347. The van der Waals surface area contributed by atoms with Crippen LogP contribution in [0.5, 0.6) is 11.5 Å².